The number of anilines is 1. The molecule has 1 aromatic heterocycles. The first-order valence-corrected chi connectivity index (χ1v) is 5.47. The molecule has 2 rings (SSSR count). The summed E-state index contributed by atoms with van der Waals surface area (Å²) in [6.45, 7) is 0. The van der Waals surface area contributed by atoms with Gasteiger partial charge in [-0.05, 0) is 12.8 Å². The highest BCUT2D eigenvalue weighted by atomic mass is 32.1. The molecule has 0 atom stereocenters. The minimum Gasteiger partial charge on any atom is -0.480 e. The molecule has 0 aromatic carbocycles. The van der Waals surface area contributed by atoms with Crippen LogP contribution in [0.4, 0.5) is 5.13 Å². The Morgan fingerprint density at radius 1 is 1.53 bits per heavy atom. The van der Waals surface area contributed by atoms with Crippen LogP contribution in [0.5, 0.6) is 0 Å². The van der Waals surface area contributed by atoms with Gasteiger partial charge in [0, 0.05) is 11.6 Å². The Balaban J connectivity index is 2.10. The van der Waals surface area contributed by atoms with Crippen molar-refractivity contribution in [1.29, 1.82) is 0 Å². The lowest BCUT2D eigenvalue weighted by atomic mass is 9.68. The highest BCUT2D eigenvalue weighted by molar-refractivity contribution is 7.13. The molecule has 1 fully saturated rings. The number of amides is 1. The molecular weight excluding hydrogens is 216 g/mol. The molecule has 1 aliphatic carbocycles. The molecule has 15 heavy (non-hydrogen) atoms. The van der Waals surface area contributed by atoms with E-state index in [0.717, 1.165) is 6.42 Å². The van der Waals surface area contributed by atoms with Crippen LogP contribution in [-0.4, -0.2) is 22.0 Å². The molecule has 0 unspecified atom stereocenters. The molecule has 1 saturated carbocycles. The normalized spacial score (nSPS) is 17.9. The zero-order valence-corrected chi connectivity index (χ0v) is 8.71. The third kappa shape index (κ3) is 1.61. The van der Waals surface area contributed by atoms with Crippen LogP contribution in [0.3, 0.4) is 0 Å². The van der Waals surface area contributed by atoms with E-state index in [2.05, 4.69) is 10.3 Å². The summed E-state index contributed by atoms with van der Waals surface area (Å²) in [7, 11) is 0. The van der Waals surface area contributed by atoms with E-state index in [1.165, 1.54) is 11.3 Å². The number of carbonyl (C=O) groups excluding carboxylic acids is 1. The Bertz CT molecular complexity index is 384. The number of nitrogens with one attached hydrogen (secondary N) is 1. The second-order valence-electron chi connectivity index (χ2n) is 3.53. The molecular formula is C9H10N2O3S. The van der Waals surface area contributed by atoms with E-state index in [-0.39, 0.29) is 0 Å². The minimum atomic E-state index is -1.22. The molecule has 0 saturated heterocycles. The van der Waals surface area contributed by atoms with Crippen LogP contribution in [0.1, 0.15) is 19.3 Å². The average molecular weight is 226 g/mol. The van der Waals surface area contributed by atoms with E-state index in [0.29, 0.717) is 18.0 Å². The Morgan fingerprint density at radius 2 is 2.27 bits per heavy atom. The fourth-order valence-corrected chi connectivity index (χ4v) is 2.09. The lowest BCUT2D eigenvalue weighted by Crippen LogP contribution is -2.48. The first kappa shape index (κ1) is 10.1. The Kier molecular flexibility index (Phi) is 2.44. The molecule has 6 heteroatoms. The van der Waals surface area contributed by atoms with Crippen LogP contribution in [-0.2, 0) is 9.59 Å². The summed E-state index contributed by atoms with van der Waals surface area (Å²) in [6, 6.07) is 0. The highest BCUT2D eigenvalue weighted by Gasteiger charge is 2.51. The molecule has 1 aromatic rings. The first-order chi connectivity index (χ1) is 7.15. The van der Waals surface area contributed by atoms with Crippen LogP contribution < -0.4 is 5.32 Å². The zero-order chi connectivity index (χ0) is 10.9. The van der Waals surface area contributed by atoms with Crippen LogP contribution >= 0.6 is 11.3 Å². The third-order valence-corrected chi connectivity index (χ3v) is 3.39. The standard InChI is InChI=1S/C9H10N2O3S/c12-6(11-8-10-4-5-15-8)9(7(13)14)2-1-3-9/h4-5H,1-3H2,(H,13,14)(H,10,11,12). The SMILES string of the molecule is O=C(O)C1(C(=O)Nc2nccs2)CCC1. The van der Waals surface area contributed by atoms with Crippen molar-refractivity contribution in [2.24, 2.45) is 5.41 Å². The van der Waals surface area contributed by atoms with Gasteiger partial charge < -0.3 is 10.4 Å². The number of carboxylic acids is 1. The van der Waals surface area contributed by atoms with E-state index < -0.39 is 17.3 Å². The average Bonchev–Trinajstić information content (AvgIpc) is 2.53. The predicted octanol–water partition coefficient (Wildman–Crippen LogP) is 1.34. The van der Waals surface area contributed by atoms with Crippen molar-refractivity contribution in [1.82, 2.24) is 4.98 Å². The van der Waals surface area contributed by atoms with Gasteiger partial charge in [-0.3, -0.25) is 9.59 Å². The van der Waals surface area contributed by atoms with E-state index in [9.17, 15) is 9.59 Å². The number of thiazole rings is 1. The molecule has 80 valence electrons. The number of hydrogen-bond donors (Lipinski definition) is 2. The van der Waals surface area contributed by atoms with Gasteiger partial charge in [0.25, 0.3) is 0 Å². The number of nitrogens with zero attached hydrogens (tertiary/aromatic N) is 1. The van der Waals surface area contributed by atoms with Crippen molar-refractivity contribution in [3.63, 3.8) is 0 Å². The minimum absolute atomic E-state index is 0.416. The number of carboxylic acid groups (broad SMARTS) is 1. The van der Waals surface area contributed by atoms with Gasteiger partial charge >= 0.3 is 5.97 Å². The summed E-state index contributed by atoms with van der Waals surface area (Å²) in [6.07, 6.45) is 3.19. The number of aromatic nitrogens is 1. The van der Waals surface area contributed by atoms with Crippen LogP contribution in [0.15, 0.2) is 11.6 Å². The lowest BCUT2D eigenvalue weighted by Gasteiger charge is -2.35. The van der Waals surface area contributed by atoms with Crippen molar-refractivity contribution in [3.05, 3.63) is 11.6 Å². The summed E-state index contributed by atoms with van der Waals surface area (Å²) in [5, 5.41) is 13.7. The van der Waals surface area contributed by atoms with Crippen molar-refractivity contribution in [3.8, 4) is 0 Å². The summed E-state index contributed by atoms with van der Waals surface area (Å²) >= 11 is 1.28. The van der Waals surface area contributed by atoms with Gasteiger partial charge in [-0.25, -0.2) is 4.98 Å². The largest absolute Gasteiger partial charge is 0.480 e. The summed E-state index contributed by atoms with van der Waals surface area (Å²) in [5.41, 5.74) is -1.22. The van der Waals surface area contributed by atoms with Gasteiger partial charge in [-0.1, -0.05) is 6.42 Å². The van der Waals surface area contributed by atoms with Crippen molar-refractivity contribution in [2.45, 2.75) is 19.3 Å². The number of hydrogen-bond acceptors (Lipinski definition) is 4. The fraction of sp³-hybridized carbons (Fsp3) is 0.444. The Hall–Kier alpha value is -1.43. The number of carbonyl (C=O) groups is 2. The second-order valence-corrected chi connectivity index (χ2v) is 4.43. The van der Waals surface area contributed by atoms with Crippen molar-refractivity contribution >= 4 is 28.3 Å². The number of aliphatic carboxylic acids is 1. The molecule has 1 heterocycles. The Labute approximate surface area is 90.1 Å². The summed E-state index contributed by atoms with van der Waals surface area (Å²) in [4.78, 5) is 26.6. The molecule has 1 amide bonds. The van der Waals surface area contributed by atoms with Gasteiger partial charge in [-0.15, -0.1) is 11.3 Å². The number of rotatable bonds is 3. The molecule has 0 aliphatic heterocycles. The summed E-state index contributed by atoms with van der Waals surface area (Å²) < 4.78 is 0. The maximum Gasteiger partial charge on any atom is 0.319 e. The van der Waals surface area contributed by atoms with Gasteiger partial charge in [0.15, 0.2) is 5.13 Å². The molecule has 2 N–H and O–H groups in total. The zero-order valence-electron chi connectivity index (χ0n) is 7.90. The van der Waals surface area contributed by atoms with E-state index in [1.54, 1.807) is 11.6 Å². The molecule has 0 bridgehead atoms. The van der Waals surface area contributed by atoms with Gasteiger partial charge in [-0.2, -0.15) is 0 Å². The van der Waals surface area contributed by atoms with Gasteiger partial charge in [0.1, 0.15) is 5.41 Å². The molecule has 5 nitrogen and oxygen atoms in total. The summed E-state index contributed by atoms with van der Waals surface area (Å²) in [5.74, 6) is -1.49. The topological polar surface area (TPSA) is 79.3 Å². The lowest BCUT2D eigenvalue weighted by molar-refractivity contribution is -0.159. The first-order valence-electron chi connectivity index (χ1n) is 4.59. The van der Waals surface area contributed by atoms with E-state index in [4.69, 9.17) is 5.11 Å². The molecule has 0 spiro atoms. The van der Waals surface area contributed by atoms with Crippen molar-refractivity contribution in [2.75, 3.05) is 5.32 Å². The predicted molar refractivity (Wildman–Crippen MR) is 54.7 cm³/mol. The maximum atomic E-state index is 11.7. The Morgan fingerprint density at radius 3 is 2.67 bits per heavy atom. The van der Waals surface area contributed by atoms with Crippen LogP contribution in [0.25, 0.3) is 0 Å². The van der Waals surface area contributed by atoms with Gasteiger partial charge in [0.2, 0.25) is 5.91 Å². The third-order valence-electron chi connectivity index (χ3n) is 2.70. The second kappa shape index (κ2) is 3.62. The molecule has 0 radical (unpaired) electrons. The van der Waals surface area contributed by atoms with Crippen molar-refractivity contribution < 1.29 is 14.7 Å². The highest BCUT2D eigenvalue weighted by Crippen LogP contribution is 2.42. The van der Waals surface area contributed by atoms with Crippen LogP contribution in [0.2, 0.25) is 0 Å². The maximum absolute atomic E-state index is 11.7. The monoisotopic (exact) mass is 226 g/mol. The van der Waals surface area contributed by atoms with E-state index >= 15 is 0 Å². The van der Waals surface area contributed by atoms with E-state index in [1.807, 2.05) is 0 Å². The van der Waals surface area contributed by atoms with Crippen LogP contribution in [0, 0.1) is 5.41 Å². The quantitative estimate of drug-likeness (QED) is 0.762. The fourth-order valence-electron chi connectivity index (χ4n) is 1.57. The van der Waals surface area contributed by atoms with Gasteiger partial charge in [0.05, 0.1) is 0 Å². The molecule has 1 aliphatic rings. The smallest absolute Gasteiger partial charge is 0.319 e.